The van der Waals surface area contributed by atoms with Crippen molar-refractivity contribution >= 4 is 6.34 Å². The Balaban J connectivity index is 0. The van der Waals surface area contributed by atoms with Crippen LogP contribution in [-0.2, 0) is 0 Å². The van der Waals surface area contributed by atoms with Crippen molar-refractivity contribution in [1.29, 1.82) is 0 Å². The fourth-order valence-electron chi connectivity index (χ4n) is 0.323. The lowest BCUT2D eigenvalue weighted by Crippen LogP contribution is -2.04. The first-order valence-electron chi connectivity index (χ1n) is 1.72. The summed E-state index contributed by atoms with van der Waals surface area (Å²) in [4.78, 5) is 3.85. The van der Waals surface area contributed by atoms with E-state index < -0.39 is 0 Å². The topological polar surface area (TPSA) is 24.4 Å². The first-order valence-corrected chi connectivity index (χ1v) is 1.72. The molecule has 44 valence electrons. The molecule has 0 aromatic carbocycles. The molecule has 0 aliphatic carbocycles. The summed E-state index contributed by atoms with van der Waals surface area (Å²) in [6.07, 6.45) is 1.74. The molecule has 0 saturated carbocycles. The molecule has 1 N–H and O–H groups in total. The first kappa shape index (κ1) is 9.64. The van der Waals surface area contributed by atoms with Gasteiger partial charge in [0.25, 0.3) is 0 Å². The quantitative estimate of drug-likeness (QED) is 0.475. The second kappa shape index (κ2) is 5.40. The lowest BCUT2D eigenvalue weighted by Gasteiger charge is -1.75. The van der Waals surface area contributed by atoms with E-state index in [1.165, 1.54) is 0 Å². The van der Waals surface area contributed by atoms with Crippen LogP contribution < -0.4 is 5.32 Å². The van der Waals surface area contributed by atoms with E-state index in [9.17, 15) is 0 Å². The first-order chi connectivity index (χ1) is 2.50. The average molecular weight is 106 g/mol. The van der Waals surface area contributed by atoms with Crippen molar-refractivity contribution < 1.29 is 4.70 Å². The smallest absolute Gasteiger partial charge is 0.0825 e. The molecular formula is C4H11FN2. The molecule has 0 unspecified atom stereocenters. The van der Waals surface area contributed by atoms with Gasteiger partial charge in [0, 0.05) is 6.54 Å². The van der Waals surface area contributed by atoms with Crippen molar-refractivity contribution in [2.45, 2.75) is 7.43 Å². The molecule has 2 nitrogen and oxygen atoms in total. The minimum Gasteiger partial charge on any atom is -0.375 e. The van der Waals surface area contributed by atoms with Crippen LogP contribution in [0.2, 0.25) is 0 Å². The molecule has 7 heavy (non-hydrogen) atoms. The van der Waals surface area contributed by atoms with Crippen molar-refractivity contribution in [2.24, 2.45) is 4.99 Å². The Morgan fingerprint density at radius 1 is 1.57 bits per heavy atom. The monoisotopic (exact) mass is 106 g/mol. The minimum atomic E-state index is 0. The van der Waals surface area contributed by atoms with Crippen LogP contribution in [0.1, 0.15) is 7.43 Å². The van der Waals surface area contributed by atoms with E-state index in [1.807, 2.05) is 0 Å². The second-order valence-corrected chi connectivity index (χ2v) is 0.989. The number of aliphatic imine (C=N–C) groups is 1. The summed E-state index contributed by atoms with van der Waals surface area (Å²) in [5, 5.41) is 2.93. The van der Waals surface area contributed by atoms with E-state index in [2.05, 4.69) is 10.3 Å². The van der Waals surface area contributed by atoms with Crippen LogP contribution in [0, 0.1) is 0 Å². The van der Waals surface area contributed by atoms with Gasteiger partial charge in [0.1, 0.15) is 0 Å². The normalized spacial score (nSPS) is 13.7. The largest absolute Gasteiger partial charge is 0.375 e. The molecule has 1 aliphatic rings. The summed E-state index contributed by atoms with van der Waals surface area (Å²) < 4.78 is 0. The van der Waals surface area contributed by atoms with Gasteiger partial charge >= 0.3 is 0 Å². The molecule has 1 aliphatic heterocycles. The fourth-order valence-corrected chi connectivity index (χ4v) is 0.323. The molecular weight excluding hydrogens is 95.1 g/mol. The number of nitrogens with one attached hydrogen (secondary N) is 1. The summed E-state index contributed by atoms with van der Waals surface area (Å²) in [5.74, 6) is 0. The Morgan fingerprint density at radius 2 is 2.29 bits per heavy atom. The van der Waals surface area contributed by atoms with Crippen LogP contribution in [0.25, 0.3) is 0 Å². The number of nitrogens with zero attached hydrogens (tertiary/aromatic N) is 1. The molecule has 0 amide bonds. The van der Waals surface area contributed by atoms with Gasteiger partial charge in [-0.15, -0.1) is 0 Å². The highest BCUT2D eigenvalue weighted by Crippen LogP contribution is 1.68. The number of hydrogen-bond donors (Lipinski definition) is 1. The highest BCUT2D eigenvalue weighted by Gasteiger charge is 1.82. The average Bonchev–Trinajstić information content (AvgIpc) is 1.76. The zero-order valence-corrected chi connectivity index (χ0v) is 3.35. The maximum atomic E-state index is 3.85. The van der Waals surface area contributed by atoms with E-state index >= 15 is 0 Å². The molecule has 0 saturated heterocycles. The van der Waals surface area contributed by atoms with Gasteiger partial charge in [-0.25, -0.2) is 0 Å². The Kier molecular flexibility index (Phi) is 7.44. The van der Waals surface area contributed by atoms with Crippen LogP contribution >= 0.6 is 0 Å². The summed E-state index contributed by atoms with van der Waals surface area (Å²) >= 11 is 0. The van der Waals surface area contributed by atoms with E-state index in [1.54, 1.807) is 6.34 Å². The highest BCUT2D eigenvalue weighted by molar-refractivity contribution is 5.56. The van der Waals surface area contributed by atoms with Gasteiger partial charge in [-0.2, -0.15) is 0 Å². The Morgan fingerprint density at radius 3 is 2.43 bits per heavy atom. The molecule has 0 spiro atoms. The minimum absolute atomic E-state index is 0. The van der Waals surface area contributed by atoms with E-state index in [4.69, 9.17) is 0 Å². The van der Waals surface area contributed by atoms with E-state index in [0.29, 0.717) is 0 Å². The summed E-state index contributed by atoms with van der Waals surface area (Å²) in [6.45, 7) is 1.99. The molecule has 0 aromatic heterocycles. The van der Waals surface area contributed by atoms with Gasteiger partial charge in [-0.05, 0) is 0 Å². The van der Waals surface area contributed by atoms with Gasteiger partial charge in [0.05, 0.1) is 12.9 Å². The molecule has 1 rings (SSSR count). The maximum absolute atomic E-state index is 3.85. The molecule has 3 heteroatoms. The van der Waals surface area contributed by atoms with Crippen molar-refractivity contribution in [3.63, 3.8) is 0 Å². The Bertz CT molecular complexity index is 47.7. The Hall–Kier alpha value is -0.600. The standard InChI is InChI=1S/C3H6N2.CH4.FH/c1-2-5-3-4-1;;/h3H,1-2H2,(H,4,5);1H4;1H. The van der Waals surface area contributed by atoms with Gasteiger partial charge in [0.2, 0.25) is 0 Å². The summed E-state index contributed by atoms with van der Waals surface area (Å²) in [7, 11) is 0. The van der Waals surface area contributed by atoms with Crippen molar-refractivity contribution in [3.05, 3.63) is 0 Å². The molecule has 0 fully saturated rings. The predicted molar refractivity (Wildman–Crippen MR) is 30.6 cm³/mol. The second-order valence-electron chi connectivity index (χ2n) is 0.989. The third kappa shape index (κ3) is 3.22. The third-order valence-corrected chi connectivity index (χ3v) is 0.568. The van der Waals surface area contributed by atoms with E-state index in [-0.39, 0.29) is 12.1 Å². The SMILES string of the molecule is C.C1=NCCN1.F. The van der Waals surface area contributed by atoms with Gasteiger partial charge in [-0.1, -0.05) is 7.43 Å². The molecule has 0 aromatic rings. The number of hydrogen-bond acceptors (Lipinski definition) is 2. The van der Waals surface area contributed by atoms with E-state index in [0.717, 1.165) is 13.1 Å². The summed E-state index contributed by atoms with van der Waals surface area (Å²) in [6, 6.07) is 0. The van der Waals surface area contributed by atoms with Crippen LogP contribution in [0.5, 0.6) is 0 Å². The van der Waals surface area contributed by atoms with Crippen molar-refractivity contribution in [1.82, 2.24) is 5.32 Å². The van der Waals surface area contributed by atoms with Crippen LogP contribution in [0.4, 0.5) is 4.70 Å². The van der Waals surface area contributed by atoms with Gasteiger partial charge in [-0.3, -0.25) is 9.70 Å². The lowest BCUT2D eigenvalue weighted by atomic mass is 10.7. The van der Waals surface area contributed by atoms with Gasteiger partial charge in [0.15, 0.2) is 0 Å². The van der Waals surface area contributed by atoms with Crippen molar-refractivity contribution in [2.75, 3.05) is 13.1 Å². The van der Waals surface area contributed by atoms with Gasteiger partial charge < -0.3 is 5.32 Å². The molecule has 0 radical (unpaired) electrons. The fraction of sp³-hybridized carbons (Fsp3) is 0.750. The lowest BCUT2D eigenvalue weighted by molar-refractivity contribution is 0.965. The molecule has 0 bridgehead atoms. The zero-order chi connectivity index (χ0) is 3.54. The maximum Gasteiger partial charge on any atom is 0.0825 e. The summed E-state index contributed by atoms with van der Waals surface area (Å²) in [5.41, 5.74) is 0. The highest BCUT2D eigenvalue weighted by atomic mass is 19.0. The number of halogens is 1. The van der Waals surface area contributed by atoms with Crippen LogP contribution in [-0.4, -0.2) is 19.4 Å². The van der Waals surface area contributed by atoms with Crippen LogP contribution in [0.15, 0.2) is 4.99 Å². The third-order valence-electron chi connectivity index (χ3n) is 0.568. The number of rotatable bonds is 0. The predicted octanol–water partition coefficient (Wildman–Crippen LogP) is 0.407. The zero-order valence-electron chi connectivity index (χ0n) is 3.35. The van der Waals surface area contributed by atoms with Crippen LogP contribution in [0.3, 0.4) is 0 Å². The van der Waals surface area contributed by atoms with Crippen molar-refractivity contribution in [3.8, 4) is 0 Å². The molecule has 0 atom stereocenters. The Labute approximate surface area is 43.0 Å². The molecule has 1 heterocycles.